The van der Waals surface area contributed by atoms with Gasteiger partial charge in [-0.3, -0.25) is 14.9 Å². The highest BCUT2D eigenvalue weighted by Crippen LogP contribution is 2.30. The third-order valence-electron chi connectivity index (χ3n) is 3.30. The lowest BCUT2D eigenvalue weighted by Crippen LogP contribution is -2.12. The molecule has 2 N–H and O–H groups in total. The molecule has 0 unspecified atom stereocenters. The lowest BCUT2D eigenvalue weighted by molar-refractivity contribution is -0.384. The lowest BCUT2D eigenvalue weighted by Gasteiger charge is -2.08. The Hall–Kier alpha value is -2.95. The monoisotopic (exact) mass is 266 g/mol. The molecular weight excluding hydrogens is 256 g/mol. The Labute approximate surface area is 113 Å². The number of nitrogens with two attached hydrogens (primary N) is 1. The molecule has 0 fully saturated rings. The highest BCUT2D eigenvalue weighted by molar-refractivity contribution is 6.18. The van der Waals surface area contributed by atoms with Crippen LogP contribution in [0.2, 0.25) is 0 Å². The van der Waals surface area contributed by atoms with Gasteiger partial charge >= 0.3 is 0 Å². The SMILES string of the molecule is NC(=O)c1c2ccccc2cc2ccc([N+](=O)[O-])cc12. The van der Waals surface area contributed by atoms with Crippen LogP contribution in [0.5, 0.6) is 0 Å². The molecule has 98 valence electrons. The van der Waals surface area contributed by atoms with Gasteiger partial charge in [0.25, 0.3) is 5.69 Å². The van der Waals surface area contributed by atoms with Gasteiger partial charge in [0.15, 0.2) is 0 Å². The van der Waals surface area contributed by atoms with Crippen molar-refractivity contribution in [2.45, 2.75) is 0 Å². The second kappa shape index (κ2) is 4.31. The van der Waals surface area contributed by atoms with E-state index in [0.29, 0.717) is 16.3 Å². The van der Waals surface area contributed by atoms with E-state index < -0.39 is 10.8 Å². The molecular formula is C15H10N2O3. The van der Waals surface area contributed by atoms with Crippen molar-refractivity contribution in [3.63, 3.8) is 0 Å². The number of benzene rings is 3. The van der Waals surface area contributed by atoms with Crippen molar-refractivity contribution in [2.24, 2.45) is 5.73 Å². The molecule has 0 heterocycles. The second-order valence-corrected chi connectivity index (χ2v) is 4.50. The molecule has 0 aliphatic carbocycles. The first kappa shape index (κ1) is 12.1. The highest BCUT2D eigenvalue weighted by Gasteiger charge is 2.15. The molecule has 0 radical (unpaired) electrons. The molecule has 3 aromatic rings. The van der Waals surface area contributed by atoms with E-state index in [1.807, 2.05) is 18.2 Å². The maximum atomic E-state index is 11.8. The van der Waals surface area contributed by atoms with Crippen molar-refractivity contribution in [1.29, 1.82) is 0 Å². The van der Waals surface area contributed by atoms with Crippen LogP contribution in [-0.4, -0.2) is 10.8 Å². The number of fused-ring (bicyclic) bond motifs is 2. The van der Waals surface area contributed by atoms with E-state index in [-0.39, 0.29) is 5.69 Å². The summed E-state index contributed by atoms with van der Waals surface area (Å²) in [5, 5.41) is 13.7. The molecule has 3 aromatic carbocycles. The molecule has 1 amide bonds. The largest absolute Gasteiger partial charge is 0.366 e. The molecule has 0 atom stereocenters. The number of primary amides is 1. The molecule has 0 saturated heterocycles. The van der Waals surface area contributed by atoms with Crippen LogP contribution in [-0.2, 0) is 0 Å². The maximum Gasteiger partial charge on any atom is 0.270 e. The van der Waals surface area contributed by atoms with Crippen LogP contribution in [0.15, 0.2) is 48.5 Å². The van der Waals surface area contributed by atoms with Gasteiger partial charge in [-0.15, -0.1) is 0 Å². The summed E-state index contributed by atoms with van der Waals surface area (Å²) < 4.78 is 0. The average molecular weight is 266 g/mol. The number of nitrogens with zero attached hydrogens (tertiary/aromatic N) is 1. The molecule has 20 heavy (non-hydrogen) atoms. The van der Waals surface area contributed by atoms with Gasteiger partial charge in [0.2, 0.25) is 5.91 Å². The summed E-state index contributed by atoms with van der Waals surface area (Å²) in [7, 11) is 0. The molecule has 0 aliphatic rings. The fraction of sp³-hybridized carbons (Fsp3) is 0. The normalized spacial score (nSPS) is 10.8. The van der Waals surface area contributed by atoms with Crippen LogP contribution in [0.4, 0.5) is 5.69 Å². The number of hydrogen-bond donors (Lipinski definition) is 1. The van der Waals surface area contributed by atoms with E-state index in [9.17, 15) is 14.9 Å². The predicted octanol–water partition coefficient (Wildman–Crippen LogP) is 3.00. The smallest absolute Gasteiger partial charge is 0.270 e. The first-order chi connectivity index (χ1) is 9.58. The topological polar surface area (TPSA) is 86.2 Å². The zero-order chi connectivity index (χ0) is 14.3. The van der Waals surface area contributed by atoms with E-state index >= 15 is 0 Å². The summed E-state index contributed by atoms with van der Waals surface area (Å²) in [5.74, 6) is -0.590. The third-order valence-corrected chi connectivity index (χ3v) is 3.30. The Morgan fingerprint density at radius 1 is 1.00 bits per heavy atom. The average Bonchev–Trinajstić information content (AvgIpc) is 2.43. The van der Waals surface area contributed by atoms with Crippen LogP contribution < -0.4 is 5.73 Å². The molecule has 5 nitrogen and oxygen atoms in total. The zero-order valence-electron chi connectivity index (χ0n) is 10.4. The van der Waals surface area contributed by atoms with E-state index in [4.69, 9.17) is 5.73 Å². The van der Waals surface area contributed by atoms with Crippen LogP contribution in [0, 0.1) is 10.1 Å². The zero-order valence-corrected chi connectivity index (χ0v) is 10.4. The summed E-state index contributed by atoms with van der Waals surface area (Å²) in [4.78, 5) is 22.2. The first-order valence-corrected chi connectivity index (χ1v) is 5.97. The van der Waals surface area contributed by atoms with E-state index in [2.05, 4.69) is 0 Å². The van der Waals surface area contributed by atoms with Crippen molar-refractivity contribution >= 4 is 33.1 Å². The van der Waals surface area contributed by atoms with Crippen LogP contribution in [0.1, 0.15) is 10.4 Å². The van der Waals surface area contributed by atoms with Gasteiger partial charge in [0, 0.05) is 17.5 Å². The van der Waals surface area contributed by atoms with Crippen molar-refractivity contribution in [3.05, 3.63) is 64.2 Å². The number of carbonyl (C=O) groups excluding carboxylic acids is 1. The Bertz CT molecular complexity index is 872. The van der Waals surface area contributed by atoms with Gasteiger partial charge in [0.1, 0.15) is 0 Å². The number of carbonyl (C=O) groups is 1. The molecule has 3 rings (SSSR count). The number of non-ortho nitro benzene ring substituents is 1. The second-order valence-electron chi connectivity index (χ2n) is 4.50. The van der Waals surface area contributed by atoms with Crippen LogP contribution in [0.3, 0.4) is 0 Å². The van der Waals surface area contributed by atoms with Gasteiger partial charge in [-0.05, 0) is 28.3 Å². The standard InChI is InChI=1S/C15H10N2O3/c16-15(18)14-12-4-2-1-3-9(12)7-10-5-6-11(17(19)20)8-13(10)14/h1-8H,(H2,16,18). The molecule has 0 bridgehead atoms. The summed E-state index contributed by atoms with van der Waals surface area (Å²) >= 11 is 0. The quantitative estimate of drug-likeness (QED) is 0.439. The maximum absolute atomic E-state index is 11.8. The molecule has 0 aromatic heterocycles. The fourth-order valence-corrected chi connectivity index (χ4v) is 2.43. The summed E-state index contributed by atoms with van der Waals surface area (Å²) in [6.07, 6.45) is 0. The third kappa shape index (κ3) is 1.76. The van der Waals surface area contributed by atoms with Crippen molar-refractivity contribution in [3.8, 4) is 0 Å². The number of nitro benzene ring substituents is 1. The minimum absolute atomic E-state index is 0.0599. The van der Waals surface area contributed by atoms with Gasteiger partial charge in [-0.1, -0.05) is 24.3 Å². The van der Waals surface area contributed by atoms with Crippen LogP contribution >= 0.6 is 0 Å². The van der Waals surface area contributed by atoms with Crippen molar-refractivity contribution in [2.75, 3.05) is 0 Å². The Kier molecular flexibility index (Phi) is 2.61. The Balaban J connectivity index is 2.52. The Morgan fingerprint density at radius 2 is 1.70 bits per heavy atom. The molecule has 0 spiro atoms. The summed E-state index contributed by atoms with van der Waals surface area (Å²) in [5.41, 5.74) is 5.72. The van der Waals surface area contributed by atoms with E-state index in [0.717, 1.165) is 10.8 Å². The predicted molar refractivity (Wildman–Crippen MR) is 76.6 cm³/mol. The number of amides is 1. The molecule has 0 saturated carbocycles. The van der Waals surface area contributed by atoms with Crippen molar-refractivity contribution in [1.82, 2.24) is 0 Å². The minimum Gasteiger partial charge on any atom is -0.366 e. The molecule has 5 heteroatoms. The minimum atomic E-state index is -0.590. The van der Waals surface area contributed by atoms with E-state index in [1.165, 1.54) is 12.1 Å². The summed E-state index contributed by atoms with van der Waals surface area (Å²) in [6.45, 7) is 0. The van der Waals surface area contributed by atoms with Gasteiger partial charge in [0.05, 0.1) is 10.5 Å². The van der Waals surface area contributed by atoms with Crippen LogP contribution in [0.25, 0.3) is 21.5 Å². The number of rotatable bonds is 2. The number of nitro groups is 1. The number of hydrogen-bond acceptors (Lipinski definition) is 3. The van der Waals surface area contributed by atoms with E-state index in [1.54, 1.807) is 18.2 Å². The van der Waals surface area contributed by atoms with Crippen molar-refractivity contribution < 1.29 is 9.72 Å². The van der Waals surface area contributed by atoms with Gasteiger partial charge in [-0.25, -0.2) is 0 Å². The Morgan fingerprint density at radius 3 is 2.40 bits per heavy atom. The molecule has 0 aliphatic heterocycles. The van der Waals surface area contributed by atoms with Gasteiger partial charge < -0.3 is 5.73 Å². The highest BCUT2D eigenvalue weighted by atomic mass is 16.6. The van der Waals surface area contributed by atoms with Gasteiger partial charge in [-0.2, -0.15) is 0 Å². The summed E-state index contributed by atoms with van der Waals surface area (Å²) in [6, 6.07) is 13.7. The first-order valence-electron chi connectivity index (χ1n) is 5.97. The lowest BCUT2D eigenvalue weighted by atomic mass is 9.96. The fourth-order valence-electron chi connectivity index (χ4n) is 2.43.